The van der Waals surface area contributed by atoms with Crippen molar-refractivity contribution in [2.45, 2.75) is 20.4 Å². The van der Waals surface area contributed by atoms with Crippen molar-refractivity contribution in [1.29, 1.82) is 0 Å². The van der Waals surface area contributed by atoms with Gasteiger partial charge >= 0.3 is 0 Å². The first-order chi connectivity index (χ1) is 8.60. The maximum Gasteiger partial charge on any atom is 0.290 e. The van der Waals surface area contributed by atoms with Crippen LogP contribution in [0.25, 0.3) is 0 Å². The Morgan fingerprint density at radius 1 is 1.50 bits per heavy atom. The summed E-state index contributed by atoms with van der Waals surface area (Å²) in [5.41, 5.74) is 1.39. The summed E-state index contributed by atoms with van der Waals surface area (Å²) in [7, 11) is 0. The highest BCUT2D eigenvalue weighted by molar-refractivity contribution is 5.56. The van der Waals surface area contributed by atoms with E-state index in [0.29, 0.717) is 11.4 Å². The van der Waals surface area contributed by atoms with E-state index >= 15 is 0 Å². The Balaban J connectivity index is 2.19. The van der Waals surface area contributed by atoms with Crippen LogP contribution in [0.2, 0.25) is 0 Å². The zero-order valence-corrected chi connectivity index (χ0v) is 10.1. The molecule has 18 heavy (non-hydrogen) atoms. The molecule has 0 unspecified atom stereocenters. The number of pyridine rings is 1. The molecule has 1 N–H and O–H groups in total. The Kier molecular flexibility index (Phi) is 3.22. The predicted octanol–water partition coefficient (Wildman–Crippen LogP) is 2.26. The molecule has 0 aromatic carbocycles. The second kappa shape index (κ2) is 4.82. The van der Waals surface area contributed by atoms with Gasteiger partial charge in [0.25, 0.3) is 5.69 Å². The lowest BCUT2D eigenvalue weighted by atomic mass is 10.2. The highest BCUT2D eigenvalue weighted by atomic mass is 16.6. The van der Waals surface area contributed by atoms with Gasteiger partial charge in [-0.25, -0.2) is 4.98 Å². The standard InChI is InChI=1S/C11H13N5O2/c1-3-15-7-9(5-13-15)14-11-4-8(2)10(6-12-11)16(17)18/h4-7H,3H2,1-2H3,(H,12,14). The summed E-state index contributed by atoms with van der Waals surface area (Å²) in [4.78, 5) is 14.2. The van der Waals surface area contributed by atoms with Crippen LogP contribution >= 0.6 is 0 Å². The molecule has 2 aromatic heterocycles. The molecule has 0 aliphatic carbocycles. The van der Waals surface area contributed by atoms with Gasteiger partial charge < -0.3 is 5.32 Å². The van der Waals surface area contributed by atoms with Crippen LogP contribution < -0.4 is 5.32 Å². The van der Waals surface area contributed by atoms with Crippen LogP contribution in [-0.4, -0.2) is 19.7 Å². The second-order valence-electron chi connectivity index (χ2n) is 3.82. The minimum Gasteiger partial charge on any atom is -0.338 e. The van der Waals surface area contributed by atoms with Gasteiger partial charge in [-0.15, -0.1) is 0 Å². The summed E-state index contributed by atoms with van der Waals surface area (Å²) >= 11 is 0. The van der Waals surface area contributed by atoms with Gasteiger partial charge in [0, 0.05) is 18.3 Å². The molecule has 7 heteroatoms. The van der Waals surface area contributed by atoms with Crippen LogP contribution in [0.1, 0.15) is 12.5 Å². The molecule has 0 fully saturated rings. The number of aromatic nitrogens is 3. The summed E-state index contributed by atoms with van der Waals surface area (Å²) in [6.07, 6.45) is 4.78. The Morgan fingerprint density at radius 2 is 2.28 bits per heavy atom. The number of rotatable bonds is 4. The first-order valence-corrected chi connectivity index (χ1v) is 5.50. The lowest BCUT2D eigenvalue weighted by Crippen LogP contribution is -1.97. The summed E-state index contributed by atoms with van der Waals surface area (Å²) in [6.45, 7) is 4.46. The third-order valence-corrected chi connectivity index (χ3v) is 2.51. The van der Waals surface area contributed by atoms with Gasteiger partial charge in [-0.2, -0.15) is 5.10 Å². The molecule has 0 aliphatic rings. The highest BCUT2D eigenvalue weighted by Gasteiger charge is 2.11. The number of nitrogens with one attached hydrogen (secondary N) is 1. The first kappa shape index (κ1) is 12.0. The van der Waals surface area contributed by atoms with Gasteiger partial charge in [0.2, 0.25) is 0 Å². The molecule has 0 bridgehead atoms. The summed E-state index contributed by atoms with van der Waals surface area (Å²) < 4.78 is 1.78. The fourth-order valence-corrected chi connectivity index (χ4v) is 1.56. The van der Waals surface area contributed by atoms with E-state index in [4.69, 9.17) is 0 Å². The average molecular weight is 247 g/mol. The monoisotopic (exact) mass is 247 g/mol. The molecule has 0 amide bonds. The maximum absolute atomic E-state index is 10.7. The molecule has 0 saturated heterocycles. The van der Waals surface area contributed by atoms with E-state index in [0.717, 1.165) is 12.2 Å². The van der Waals surface area contributed by atoms with Crippen molar-refractivity contribution in [2.24, 2.45) is 0 Å². The van der Waals surface area contributed by atoms with Crippen LogP contribution in [-0.2, 0) is 6.54 Å². The molecule has 0 radical (unpaired) electrons. The van der Waals surface area contributed by atoms with E-state index in [-0.39, 0.29) is 5.69 Å². The second-order valence-corrected chi connectivity index (χ2v) is 3.82. The largest absolute Gasteiger partial charge is 0.338 e. The lowest BCUT2D eigenvalue weighted by Gasteiger charge is -2.03. The summed E-state index contributed by atoms with van der Waals surface area (Å²) in [5, 5.41) is 17.8. The van der Waals surface area contributed by atoms with Crippen molar-refractivity contribution in [2.75, 3.05) is 5.32 Å². The third kappa shape index (κ3) is 2.45. The number of aryl methyl sites for hydroxylation is 2. The molecule has 2 aromatic rings. The zero-order valence-electron chi connectivity index (χ0n) is 10.1. The van der Waals surface area contributed by atoms with Gasteiger partial charge in [0.05, 0.1) is 16.8 Å². The first-order valence-electron chi connectivity index (χ1n) is 5.50. The zero-order chi connectivity index (χ0) is 13.1. The van der Waals surface area contributed by atoms with E-state index in [1.807, 2.05) is 13.1 Å². The Labute approximate surface area is 104 Å². The van der Waals surface area contributed by atoms with Gasteiger partial charge in [-0.3, -0.25) is 14.8 Å². The molecular weight excluding hydrogens is 234 g/mol. The Hall–Kier alpha value is -2.44. The van der Waals surface area contributed by atoms with Crippen molar-refractivity contribution in [3.8, 4) is 0 Å². The predicted molar refractivity (Wildman–Crippen MR) is 66.8 cm³/mol. The normalized spacial score (nSPS) is 10.3. The van der Waals surface area contributed by atoms with Gasteiger partial charge in [0.1, 0.15) is 12.0 Å². The highest BCUT2D eigenvalue weighted by Crippen LogP contribution is 2.21. The Morgan fingerprint density at radius 3 is 2.83 bits per heavy atom. The molecule has 0 saturated carbocycles. The van der Waals surface area contributed by atoms with E-state index in [2.05, 4.69) is 15.4 Å². The van der Waals surface area contributed by atoms with Gasteiger partial charge in [-0.1, -0.05) is 0 Å². The van der Waals surface area contributed by atoms with E-state index in [1.165, 1.54) is 6.20 Å². The van der Waals surface area contributed by atoms with Crippen LogP contribution in [0.4, 0.5) is 17.2 Å². The quantitative estimate of drug-likeness (QED) is 0.661. The fourth-order valence-electron chi connectivity index (χ4n) is 1.56. The number of nitrogens with zero attached hydrogens (tertiary/aromatic N) is 4. The van der Waals surface area contributed by atoms with E-state index in [1.54, 1.807) is 23.9 Å². The number of anilines is 2. The topological polar surface area (TPSA) is 85.9 Å². The van der Waals surface area contributed by atoms with E-state index in [9.17, 15) is 10.1 Å². The lowest BCUT2D eigenvalue weighted by molar-refractivity contribution is -0.385. The molecule has 2 heterocycles. The SMILES string of the molecule is CCn1cc(Nc2cc(C)c([N+](=O)[O-])cn2)cn1. The van der Waals surface area contributed by atoms with Gasteiger partial charge in [-0.05, 0) is 19.9 Å². The number of hydrogen-bond donors (Lipinski definition) is 1. The van der Waals surface area contributed by atoms with Crippen molar-refractivity contribution < 1.29 is 4.92 Å². The molecular formula is C11H13N5O2. The van der Waals surface area contributed by atoms with Crippen molar-refractivity contribution in [3.63, 3.8) is 0 Å². The van der Waals surface area contributed by atoms with Crippen LogP contribution in [0.15, 0.2) is 24.7 Å². The van der Waals surface area contributed by atoms with E-state index < -0.39 is 4.92 Å². The molecule has 7 nitrogen and oxygen atoms in total. The van der Waals surface area contributed by atoms with Crippen molar-refractivity contribution in [1.82, 2.24) is 14.8 Å². The Bertz CT molecular complexity index is 579. The van der Waals surface area contributed by atoms with Crippen LogP contribution in [0.5, 0.6) is 0 Å². The minimum atomic E-state index is -0.443. The van der Waals surface area contributed by atoms with Crippen molar-refractivity contribution >= 4 is 17.2 Å². The number of hydrogen-bond acceptors (Lipinski definition) is 5. The van der Waals surface area contributed by atoms with Gasteiger partial charge in [0.15, 0.2) is 0 Å². The molecule has 0 spiro atoms. The molecule has 0 aliphatic heterocycles. The smallest absolute Gasteiger partial charge is 0.290 e. The molecule has 2 rings (SSSR count). The maximum atomic E-state index is 10.7. The van der Waals surface area contributed by atoms with Crippen molar-refractivity contribution in [3.05, 3.63) is 40.3 Å². The summed E-state index contributed by atoms with van der Waals surface area (Å²) in [6, 6.07) is 1.64. The number of nitro groups is 1. The van der Waals surface area contributed by atoms with Crippen LogP contribution in [0, 0.1) is 17.0 Å². The van der Waals surface area contributed by atoms with Crippen LogP contribution in [0.3, 0.4) is 0 Å². The summed E-state index contributed by atoms with van der Waals surface area (Å²) in [5.74, 6) is 0.564. The molecule has 94 valence electrons. The fraction of sp³-hybridized carbons (Fsp3) is 0.273. The minimum absolute atomic E-state index is 0.0183. The third-order valence-electron chi connectivity index (χ3n) is 2.51. The average Bonchev–Trinajstić information content (AvgIpc) is 2.76. The molecule has 0 atom stereocenters.